The Balaban J connectivity index is 2.82. The summed E-state index contributed by atoms with van der Waals surface area (Å²) in [6, 6.07) is 1.95. The Labute approximate surface area is 128 Å². The maximum Gasteiger partial charge on any atom is 0.158 e. The van der Waals surface area contributed by atoms with Crippen molar-refractivity contribution in [2.24, 2.45) is 11.3 Å². The van der Waals surface area contributed by atoms with Gasteiger partial charge in [0, 0.05) is 25.8 Å². The molecule has 0 aliphatic heterocycles. The van der Waals surface area contributed by atoms with E-state index in [4.69, 9.17) is 4.74 Å². The minimum atomic E-state index is 0.212. The van der Waals surface area contributed by atoms with Gasteiger partial charge in [-0.3, -0.25) is 0 Å². The number of nitrogens with zero attached hydrogens (tertiary/aromatic N) is 2. The van der Waals surface area contributed by atoms with Crippen molar-refractivity contribution in [2.45, 2.75) is 48.1 Å². The number of anilines is 2. The van der Waals surface area contributed by atoms with E-state index in [0.29, 0.717) is 25.0 Å². The lowest BCUT2D eigenvalue weighted by Crippen LogP contribution is -2.29. The predicted octanol–water partition coefficient (Wildman–Crippen LogP) is 3.54. The molecule has 0 unspecified atom stereocenters. The highest BCUT2D eigenvalue weighted by atomic mass is 16.5. The Hall–Kier alpha value is -1.36. The van der Waals surface area contributed by atoms with Gasteiger partial charge < -0.3 is 15.4 Å². The molecule has 0 aliphatic rings. The van der Waals surface area contributed by atoms with Crippen LogP contribution in [0.15, 0.2) is 6.07 Å². The van der Waals surface area contributed by atoms with E-state index in [2.05, 4.69) is 55.2 Å². The zero-order valence-electron chi connectivity index (χ0n) is 14.3. The zero-order valence-corrected chi connectivity index (χ0v) is 14.3. The molecule has 0 aromatic carbocycles. The molecule has 0 atom stereocenters. The van der Waals surface area contributed by atoms with Crippen LogP contribution in [-0.4, -0.2) is 29.7 Å². The molecule has 21 heavy (non-hydrogen) atoms. The summed E-state index contributed by atoms with van der Waals surface area (Å²) >= 11 is 0. The lowest BCUT2D eigenvalue weighted by atomic mass is 9.81. The highest BCUT2D eigenvalue weighted by Gasteiger charge is 2.22. The van der Waals surface area contributed by atoms with Crippen LogP contribution in [0.3, 0.4) is 0 Å². The fourth-order valence-corrected chi connectivity index (χ4v) is 1.64. The van der Waals surface area contributed by atoms with E-state index in [9.17, 15) is 0 Å². The van der Waals surface area contributed by atoms with E-state index in [1.165, 1.54) is 0 Å². The quantitative estimate of drug-likeness (QED) is 0.729. The molecule has 0 radical (unpaired) electrons. The van der Waals surface area contributed by atoms with Gasteiger partial charge in [0.2, 0.25) is 0 Å². The van der Waals surface area contributed by atoms with Gasteiger partial charge in [0.1, 0.15) is 18.2 Å². The summed E-state index contributed by atoms with van der Waals surface area (Å²) < 4.78 is 5.41. The monoisotopic (exact) mass is 294 g/mol. The van der Waals surface area contributed by atoms with Gasteiger partial charge in [-0.1, -0.05) is 27.7 Å². The Bertz CT molecular complexity index is 432. The molecule has 0 saturated carbocycles. The molecule has 0 bridgehead atoms. The highest BCUT2D eigenvalue weighted by Crippen LogP contribution is 2.26. The van der Waals surface area contributed by atoms with E-state index in [1.54, 1.807) is 0 Å². The largest absolute Gasteiger partial charge is 0.374 e. The highest BCUT2D eigenvalue weighted by molar-refractivity contribution is 5.47. The van der Waals surface area contributed by atoms with Crippen LogP contribution >= 0.6 is 0 Å². The molecule has 120 valence electrons. The molecule has 5 heteroatoms. The van der Waals surface area contributed by atoms with Crippen molar-refractivity contribution in [2.75, 3.05) is 30.3 Å². The number of aromatic nitrogens is 2. The van der Waals surface area contributed by atoms with E-state index >= 15 is 0 Å². The van der Waals surface area contributed by atoms with Gasteiger partial charge in [-0.25, -0.2) is 9.97 Å². The van der Waals surface area contributed by atoms with Gasteiger partial charge in [0.25, 0.3) is 0 Å². The average molecular weight is 294 g/mol. The van der Waals surface area contributed by atoms with Crippen LogP contribution in [0.25, 0.3) is 0 Å². The summed E-state index contributed by atoms with van der Waals surface area (Å²) in [4.78, 5) is 8.98. The maximum atomic E-state index is 5.41. The number of rotatable bonds is 9. The number of hydrogen-bond donors (Lipinski definition) is 2. The van der Waals surface area contributed by atoms with Crippen molar-refractivity contribution in [1.29, 1.82) is 0 Å². The standard InChI is InChI=1S/C16H30N4O/c1-7-17-13-9-14(18-11-16(5,6)12(3)4)20-15(19-13)10-21-8-2/h9,12H,7-8,10-11H2,1-6H3,(H2,17,18,19,20). The fraction of sp³-hybridized carbons (Fsp3) is 0.750. The molecule has 0 amide bonds. The second-order valence-electron chi connectivity index (χ2n) is 6.22. The molecule has 0 fully saturated rings. The number of nitrogens with one attached hydrogen (secondary N) is 2. The third-order valence-electron chi connectivity index (χ3n) is 3.85. The Morgan fingerprint density at radius 1 is 1.14 bits per heavy atom. The Morgan fingerprint density at radius 2 is 1.76 bits per heavy atom. The van der Waals surface area contributed by atoms with Gasteiger partial charge >= 0.3 is 0 Å². The summed E-state index contributed by atoms with van der Waals surface area (Å²) in [6.07, 6.45) is 0. The SMILES string of the molecule is CCNc1cc(NCC(C)(C)C(C)C)nc(COCC)n1. The van der Waals surface area contributed by atoms with Crippen molar-refractivity contribution in [3.63, 3.8) is 0 Å². The first-order chi connectivity index (χ1) is 9.89. The van der Waals surface area contributed by atoms with Crippen molar-refractivity contribution < 1.29 is 4.74 Å². The molecule has 5 nitrogen and oxygen atoms in total. The summed E-state index contributed by atoms with van der Waals surface area (Å²) in [5.41, 5.74) is 0.212. The first kappa shape index (κ1) is 17.7. The van der Waals surface area contributed by atoms with Crippen molar-refractivity contribution >= 4 is 11.6 Å². The second kappa shape index (κ2) is 8.17. The van der Waals surface area contributed by atoms with Gasteiger partial charge in [-0.15, -0.1) is 0 Å². The van der Waals surface area contributed by atoms with Crippen molar-refractivity contribution in [3.05, 3.63) is 11.9 Å². The lowest BCUT2D eigenvalue weighted by Gasteiger charge is -2.29. The van der Waals surface area contributed by atoms with Crippen LogP contribution in [0.5, 0.6) is 0 Å². The molecular weight excluding hydrogens is 264 g/mol. The molecule has 2 N–H and O–H groups in total. The molecule has 1 rings (SSSR count). The molecular formula is C16H30N4O. The fourth-order valence-electron chi connectivity index (χ4n) is 1.64. The van der Waals surface area contributed by atoms with Gasteiger partial charge in [-0.2, -0.15) is 0 Å². The molecule has 0 saturated heterocycles. The van der Waals surface area contributed by atoms with Crippen LogP contribution < -0.4 is 10.6 Å². The van der Waals surface area contributed by atoms with Gasteiger partial charge in [-0.05, 0) is 25.2 Å². The van der Waals surface area contributed by atoms with Crippen LogP contribution in [-0.2, 0) is 11.3 Å². The number of ether oxygens (including phenoxy) is 1. The third kappa shape index (κ3) is 5.87. The molecule has 1 aromatic heterocycles. The van der Waals surface area contributed by atoms with Gasteiger partial charge in [0.15, 0.2) is 5.82 Å². The summed E-state index contributed by atoms with van der Waals surface area (Å²) in [6.45, 7) is 15.9. The van der Waals surface area contributed by atoms with E-state index < -0.39 is 0 Å². The normalized spacial score (nSPS) is 11.8. The zero-order chi connectivity index (χ0) is 15.9. The first-order valence-corrected chi connectivity index (χ1v) is 7.82. The smallest absolute Gasteiger partial charge is 0.158 e. The van der Waals surface area contributed by atoms with Crippen molar-refractivity contribution in [3.8, 4) is 0 Å². The second-order valence-corrected chi connectivity index (χ2v) is 6.22. The molecule has 1 aromatic rings. The molecule has 0 spiro atoms. The van der Waals surface area contributed by atoms with Gasteiger partial charge in [0.05, 0.1) is 0 Å². The Kier molecular flexibility index (Phi) is 6.89. The predicted molar refractivity (Wildman–Crippen MR) is 88.6 cm³/mol. The number of hydrogen-bond acceptors (Lipinski definition) is 5. The average Bonchev–Trinajstić information content (AvgIpc) is 2.43. The molecule has 1 heterocycles. The summed E-state index contributed by atoms with van der Waals surface area (Å²) in [5.74, 6) is 3.00. The third-order valence-corrected chi connectivity index (χ3v) is 3.85. The van der Waals surface area contributed by atoms with Crippen molar-refractivity contribution in [1.82, 2.24) is 9.97 Å². The van der Waals surface area contributed by atoms with Crippen LogP contribution in [0.1, 0.15) is 47.4 Å². The molecule has 0 aliphatic carbocycles. The summed E-state index contributed by atoms with van der Waals surface area (Å²) in [7, 11) is 0. The minimum absolute atomic E-state index is 0.212. The minimum Gasteiger partial charge on any atom is -0.374 e. The van der Waals surface area contributed by atoms with Crippen LogP contribution in [0.2, 0.25) is 0 Å². The topological polar surface area (TPSA) is 59.1 Å². The maximum absolute atomic E-state index is 5.41. The van der Waals surface area contributed by atoms with E-state index in [-0.39, 0.29) is 5.41 Å². The Morgan fingerprint density at radius 3 is 2.29 bits per heavy atom. The van der Waals surface area contributed by atoms with Crippen LogP contribution in [0.4, 0.5) is 11.6 Å². The van der Waals surface area contributed by atoms with E-state index in [1.807, 2.05) is 13.0 Å². The van der Waals surface area contributed by atoms with Crippen LogP contribution in [0, 0.1) is 11.3 Å². The summed E-state index contributed by atoms with van der Waals surface area (Å²) in [5, 5.41) is 6.67. The van der Waals surface area contributed by atoms with E-state index in [0.717, 1.165) is 24.7 Å². The first-order valence-electron chi connectivity index (χ1n) is 7.82. The lowest BCUT2D eigenvalue weighted by molar-refractivity contribution is 0.128.